The highest BCUT2D eigenvalue weighted by atomic mass is 16.2. The number of hydrogen-bond donors (Lipinski definition) is 0. The lowest BCUT2D eigenvalue weighted by atomic mass is 9.96. The first kappa shape index (κ1) is 17.9. The number of amides is 1. The average molecular weight is 368 g/mol. The zero-order valence-electron chi connectivity index (χ0n) is 16.5. The van der Waals surface area contributed by atoms with E-state index in [0.717, 1.165) is 55.8 Å². The van der Waals surface area contributed by atoms with Crippen molar-refractivity contribution in [1.29, 1.82) is 0 Å². The molecular weight excluding hydrogens is 340 g/mol. The lowest BCUT2D eigenvalue weighted by Gasteiger charge is -2.37. The van der Waals surface area contributed by atoms with Gasteiger partial charge in [-0.3, -0.25) is 4.79 Å². The quantitative estimate of drug-likeness (QED) is 0.830. The average Bonchev–Trinajstić information content (AvgIpc) is 3.05. The molecule has 2 aromatic rings. The van der Waals surface area contributed by atoms with Crippen LogP contribution in [0.15, 0.2) is 12.4 Å². The minimum Gasteiger partial charge on any atom is -0.356 e. The second-order valence-electron chi connectivity index (χ2n) is 7.79. The fourth-order valence-corrected chi connectivity index (χ4v) is 4.34. The summed E-state index contributed by atoms with van der Waals surface area (Å²) in [7, 11) is 0. The topological polar surface area (TPSA) is 67.2 Å². The van der Waals surface area contributed by atoms with Gasteiger partial charge in [-0.05, 0) is 39.0 Å². The molecule has 27 heavy (non-hydrogen) atoms. The SMILES string of the molecule is CC(=O)N1CCc2c(nc(C)nc2N2CCCC(Cn3ccnc3C)C2)C1. The van der Waals surface area contributed by atoms with Crippen LogP contribution in [-0.4, -0.2) is 50.0 Å². The molecule has 1 atom stereocenters. The summed E-state index contributed by atoms with van der Waals surface area (Å²) >= 11 is 0. The van der Waals surface area contributed by atoms with Crippen molar-refractivity contribution in [3.8, 4) is 0 Å². The number of aromatic nitrogens is 4. The minimum atomic E-state index is 0.118. The van der Waals surface area contributed by atoms with Gasteiger partial charge < -0.3 is 14.4 Å². The van der Waals surface area contributed by atoms with E-state index in [2.05, 4.69) is 32.6 Å². The van der Waals surface area contributed by atoms with Crippen LogP contribution in [0, 0.1) is 19.8 Å². The van der Waals surface area contributed by atoms with Gasteiger partial charge in [0.2, 0.25) is 5.91 Å². The van der Waals surface area contributed by atoms with Crippen molar-refractivity contribution in [3.05, 3.63) is 35.3 Å². The maximum absolute atomic E-state index is 11.8. The van der Waals surface area contributed by atoms with Gasteiger partial charge in [0.1, 0.15) is 17.5 Å². The highest BCUT2D eigenvalue weighted by molar-refractivity contribution is 5.73. The summed E-state index contributed by atoms with van der Waals surface area (Å²) in [5, 5.41) is 0. The Kier molecular flexibility index (Phi) is 4.85. The van der Waals surface area contributed by atoms with E-state index in [9.17, 15) is 4.79 Å². The Bertz CT molecular complexity index is 845. The molecule has 1 fully saturated rings. The van der Waals surface area contributed by atoms with Crippen molar-refractivity contribution < 1.29 is 4.79 Å². The minimum absolute atomic E-state index is 0.118. The molecule has 2 aliphatic rings. The van der Waals surface area contributed by atoms with Crippen LogP contribution in [0.1, 0.15) is 42.7 Å². The Hall–Kier alpha value is -2.44. The molecule has 0 aromatic carbocycles. The summed E-state index contributed by atoms with van der Waals surface area (Å²) in [6.07, 6.45) is 7.20. The highest BCUT2D eigenvalue weighted by Crippen LogP contribution is 2.30. The van der Waals surface area contributed by atoms with E-state index < -0.39 is 0 Å². The number of carbonyl (C=O) groups excluding carboxylic acids is 1. The number of hydrogen-bond acceptors (Lipinski definition) is 5. The smallest absolute Gasteiger partial charge is 0.219 e. The molecule has 7 heteroatoms. The van der Waals surface area contributed by atoms with Crippen LogP contribution >= 0.6 is 0 Å². The Balaban J connectivity index is 1.56. The summed E-state index contributed by atoms with van der Waals surface area (Å²) in [6.45, 7) is 10.1. The number of fused-ring (bicyclic) bond motifs is 1. The first-order valence-corrected chi connectivity index (χ1v) is 9.86. The number of aryl methyl sites for hydroxylation is 2. The standard InChI is InChI=1S/C20H28N6O/c1-14-22-19-13-25(16(3)27)9-6-18(19)20(23-14)26-8-4-5-17(12-26)11-24-10-7-21-15(24)2/h7,10,17H,4-6,8-9,11-13H2,1-3H3. The fourth-order valence-electron chi connectivity index (χ4n) is 4.34. The Labute approximate surface area is 160 Å². The molecule has 0 aliphatic carbocycles. The van der Waals surface area contributed by atoms with Gasteiger partial charge in [-0.25, -0.2) is 15.0 Å². The van der Waals surface area contributed by atoms with Crippen molar-refractivity contribution in [2.24, 2.45) is 5.92 Å². The van der Waals surface area contributed by atoms with Gasteiger partial charge in [0.15, 0.2) is 0 Å². The van der Waals surface area contributed by atoms with Crippen LogP contribution in [0.2, 0.25) is 0 Å². The molecule has 4 rings (SSSR count). The number of rotatable bonds is 3. The zero-order chi connectivity index (χ0) is 19.0. The molecule has 7 nitrogen and oxygen atoms in total. The van der Waals surface area contributed by atoms with Crippen molar-refractivity contribution in [2.45, 2.75) is 53.1 Å². The third-order valence-corrected chi connectivity index (χ3v) is 5.80. The van der Waals surface area contributed by atoms with Crippen LogP contribution < -0.4 is 4.90 Å². The van der Waals surface area contributed by atoms with E-state index in [1.54, 1.807) is 6.92 Å². The molecule has 2 aromatic heterocycles. The Morgan fingerprint density at radius 2 is 2.11 bits per heavy atom. The van der Waals surface area contributed by atoms with Crippen molar-refractivity contribution in [3.63, 3.8) is 0 Å². The molecule has 2 aliphatic heterocycles. The predicted molar refractivity (Wildman–Crippen MR) is 103 cm³/mol. The van der Waals surface area contributed by atoms with Gasteiger partial charge in [-0.15, -0.1) is 0 Å². The number of piperidine rings is 1. The molecule has 4 heterocycles. The van der Waals surface area contributed by atoms with Gasteiger partial charge in [0.05, 0.1) is 12.2 Å². The summed E-state index contributed by atoms with van der Waals surface area (Å²) in [5.74, 6) is 3.67. The van der Waals surface area contributed by atoms with Gasteiger partial charge in [-0.1, -0.05) is 0 Å². The molecule has 0 radical (unpaired) electrons. The molecule has 0 spiro atoms. The van der Waals surface area contributed by atoms with Crippen LogP contribution in [0.5, 0.6) is 0 Å². The number of nitrogens with zero attached hydrogens (tertiary/aromatic N) is 6. The molecule has 1 saturated heterocycles. The monoisotopic (exact) mass is 368 g/mol. The summed E-state index contributed by atoms with van der Waals surface area (Å²) < 4.78 is 2.25. The third kappa shape index (κ3) is 3.68. The summed E-state index contributed by atoms with van der Waals surface area (Å²) in [5.41, 5.74) is 2.25. The largest absolute Gasteiger partial charge is 0.356 e. The Morgan fingerprint density at radius 1 is 1.26 bits per heavy atom. The highest BCUT2D eigenvalue weighted by Gasteiger charge is 2.28. The van der Waals surface area contributed by atoms with E-state index in [0.29, 0.717) is 12.5 Å². The molecular formula is C20H28N6O. The molecule has 1 amide bonds. The predicted octanol–water partition coefficient (Wildman–Crippen LogP) is 2.11. The zero-order valence-corrected chi connectivity index (χ0v) is 16.5. The van der Waals surface area contributed by atoms with Crippen molar-refractivity contribution in [1.82, 2.24) is 24.4 Å². The lowest BCUT2D eigenvalue weighted by molar-refractivity contribution is -0.129. The number of imidazole rings is 1. The van der Waals surface area contributed by atoms with Crippen LogP contribution in [0.25, 0.3) is 0 Å². The van der Waals surface area contributed by atoms with E-state index in [1.165, 1.54) is 18.4 Å². The third-order valence-electron chi connectivity index (χ3n) is 5.80. The number of anilines is 1. The summed E-state index contributed by atoms with van der Waals surface area (Å²) in [4.78, 5) is 29.9. The van der Waals surface area contributed by atoms with E-state index >= 15 is 0 Å². The molecule has 1 unspecified atom stereocenters. The van der Waals surface area contributed by atoms with Gasteiger partial charge in [0.25, 0.3) is 0 Å². The lowest BCUT2D eigenvalue weighted by Crippen LogP contribution is -2.40. The molecule has 0 bridgehead atoms. The molecule has 144 valence electrons. The van der Waals surface area contributed by atoms with Gasteiger partial charge in [-0.2, -0.15) is 0 Å². The summed E-state index contributed by atoms with van der Waals surface area (Å²) in [6, 6.07) is 0. The normalized spacial score (nSPS) is 19.9. The second kappa shape index (κ2) is 7.29. The maximum Gasteiger partial charge on any atom is 0.219 e. The first-order valence-electron chi connectivity index (χ1n) is 9.86. The molecule has 0 saturated carbocycles. The van der Waals surface area contributed by atoms with Crippen LogP contribution in [0.3, 0.4) is 0 Å². The van der Waals surface area contributed by atoms with Gasteiger partial charge >= 0.3 is 0 Å². The molecule has 0 N–H and O–H groups in total. The van der Waals surface area contributed by atoms with Gasteiger partial charge in [0, 0.05) is 51.1 Å². The number of carbonyl (C=O) groups is 1. The second-order valence-corrected chi connectivity index (χ2v) is 7.79. The van der Waals surface area contributed by atoms with E-state index in [1.807, 2.05) is 18.0 Å². The Morgan fingerprint density at radius 3 is 2.85 bits per heavy atom. The maximum atomic E-state index is 11.8. The fraction of sp³-hybridized carbons (Fsp3) is 0.600. The van der Waals surface area contributed by atoms with Crippen LogP contribution in [0.4, 0.5) is 5.82 Å². The first-order chi connectivity index (χ1) is 13.0. The van der Waals surface area contributed by atoms with Crippen LogP contribution in [-0.2, 0) is 24.3 Å². The van der Waals surface area contributed by atoms with E-state index in [-0.39, 0.29) is 5.91 Å². The van der Waals surface area contributed by atoms with E-state index in [4.69, 9.17) is 4.98 Å². The van der Waals surface area contributed by atoms with Crippen molar-refractivity contribution >= 4 is 11.7 Å². The van der Waals surface area contributed by atoms with Crippen molar-refractivity contribution in [2.75, 3.05) is 24.5 Å².